The maximum atomic E-state index is 4.07. The minimum atomic E-state index is 0. The molecule has 11 aromatic heterocycles. The summed E-state index contributed by atoms with van der Waals surface area (Å²) in [4.78, 5) is 20.4. The quantitative estimate of drug-likeness (QED) is 0.130. The molecule has 0 fully saturated rings. The first kappa shape index (κ1) is 114. The van der Waals surface area contributed by atoms with E-state index < -0.39 is 0 Å². The average Bonchev–Trinajstić information content (AvgIpc) is 2.04. The molecular formula is C59H84N19S5Y9-9. The summed E-state index contributed by atoms with van der Waals surface area (Å²) in [5.41, 5.74) is 18.4. The van der Waals surface area contributed by atoms with Crippen molar-refractivity contribution in [3.05, 3.63) is 175 Å². The summed E-state index contributed by atoms with van der Waals surface area (Å²) >= 11 is 7.78. The number of hydrogen-bond donors (Lipinski definition) is 0. The van der Waals surface area contributed by atoms with Gasteiger partial charge < -0.3 is 68.3 Å². The molecular weight excluding hydrogens is 1940 g/mol. The van der Waals surface area contributed by atoms with Crippen molar-refractivity contribution in [3.63, 3.8) is 0 Å². The van der Waals surface area contributed by atoms with Gasteiger partial charge in [0.05, 0.1) is 11.4 Å². The summed E-state index contributed by atoms with van der Waals surface area (Å²) in [5, 5.41) is 29.4. The number of imidazole rings is 1. The summed E-state index contributed by atoms with van der Waals surface area (Å²) in [6.07, 6.45) is 19.3. The van der Waals surface area contributed by atoms with Gasteiger partial charge in [-0.25, -0.2) is 23.0 Å². The maximum absolute atomic E-state index is 4.07. The third-order valence-corrected chi connectivity index (χ3v) is 16.1. The van der Waals surface area contributed by atoms with Crippen LogP contribution in [0.1, 0.15) is 119 Å². The van der Waals surface area contributed by atoms with Crippen LogP contribution >= 0.6 is 57.1 Å². The fraction of sp³-hybridized carbons (Fsp3) is 0.475. The van der Waals surface area contributed by atoms with Gasteiger partial charge in [0.2, 0.25) is 0 Å². The zero-order valence-electron chi connectivity index (χ0n) is 59.2. The third kappa shape index (κ3) is 47.5. The second kappa shape index (κ2) is 62.7. The first-order valence-electron chi connectivity index (χ1n) is 26.0. The Kier molecular flexibility index (Phi) is 77.5. The molecule has 0 aliphatic rings. The fourth-order valence-electron chi connectivity index (χ4n) is 5.67. The Bertz CT molecular complexity index is 3070. The molecule has 0 saturated carbocycles. The van der Waals surface area contributed by atoms with Crippen LogP contribution in [0.3, 0.4) is 0 Å². The van der Waals surface area contributed by atoms with Crippen LogP contribution in [0.25, 0.3) is 0 Å². The van der Waals surface area contributed by atoms with Crippen LogP contribution in [0, 0.1) is 208 Å². The summed E-state index contributed by atoms with van der Waals surface area (Å²) in [6.45, 7) is 44.6. The van der Waals surface area contributed by atoms with Crippen molar-refractivity contribution in [1.82, 2.24) is 92.3 Å². The maximum Gasteiger partial charge on any atom is 0.0825 e. The summed E-state index contributed by atoms with van der Waals surface area (Å²) in [5.74, 6) is 1.91. The Morgan fingerprint density at radius 1 is 0.391 bits per heavy atom. The minimum absolute atomic E-state index is 0. The number of aryl methyl sites for hydroxylation is 20. The minimum Gasteiger partial charge on any atom is -0.446 e. The SMILES string of the molecule is Cc1[c-]c(C)c(C)s1.Cc1[c-]n(C)nc1C.Cc1[c-]nc(C)n1C.Cc1[c-]nc(C)s1.Cc1[c-]nn(C)c1C.Cc1[c-]nsc1C.Cc1c(C)c(C)n(C)c1C.Cc1n[c-]nn1C.Cc1n[c-]ns1.Cc1nn[c-]s1.Cc1nnn(C)c1C.[Y].[Y].[Y].[Y].[Y].[Y].[Y].[Y].[Y]. The smallest absolute Gasteiger partial charge is 0.0825 e. The molecule has 481 valence electrons. The molecule has 0 N–H and O–H groups in total. The van der Waals surface area contributed by atoms with E-state index in [2.05, 4.69) is 180 Å². The second-order valence-corrected chi connectivity index (χ2v) is 24.5. The Morgan fingerprint density at radius 2 is 0.967 bits per heavy atom. The van der Waals surface area contributed by atoms with E-state index in [1.165, 1.54) is 88.4 Å². The summed E-state index contributed by atoms with van der Waals surface area (Å²) < 4.78 is 18.6. The Morgan fingerprint density at radius 3 is 1.09 bits per heavy atom. The van der Waals surface area contributed by atoms with E-state index in [0.717, 1.165) is 65.5 Å². The van der Waals surface area contributed by atoms with Gasteiger partial charge in [0.25, 0.3) is 0 Å². The van der Waals surface area contributed by atoms with Gasteiger partial charge in [0, 0.05) is 341 Å². The van der Waals surface area contributed by atoms with Gasteiger partial charge in [-0.1, -0.05) is 128 Å². The van der Waals surface area contributed by atoms with Gasteiger partial charge in [-0.15, -0.1) is 67.9 Å². The first-order chi connectivity index (χ1) is 38.8. The van der Waals surface area contributed by atoms with Crippen molar-refractivity contribution in [2.75, 3.05) is 0 Å². The van der Waals surface area contributed by atoms with Crippen molar-refractivity contribution in [2.24, 2.45) is 42.3 Å². The molecule has 0 atom stereocenters. The summed E-state index contributed by atoms with van der Waals surface area (Å²) in [7, 11) is 11.6. The van der Waals surface area contributed by atoms with Gasteiger partial charge >= 0.3 is 0 Å². The molecule has 11 heterocycles. The second-order valence-electron chi connectivity index (χ2n) is 18.7. The van der Waals surface area contributed by atoms with E-state index in [4.69, 9.17) is 0 Å². The van der Waals surface area contributed by atoms with Crippen molar-refractivity contribution >= 4 is 57.1 Å². The molecule has 0 aromatic carbocycles. The van der Waals surface area contributed by atoms with E-state index in [-0.39, 0.29) is 294 Å². The van der Waals surface area contributed by atoms with Gasteiger partial charge in [0.1, 0.15) is 0 Å². The molecule has 9 radical (unpaired) electrons. The molecule has 92 heavy (non-hydrogen) atoms. The molecule has 33 heteroatoms. The average molecular weight is 2020 g/mol. The molecule has 0 aliphatic carbocycles. The van der Waals surface area contributed by atoms with E-state index in [0.29, 0.717) is 0 Å². The Balaban J connectivity index is -0.000000117. The molecule has 0 bridgehead atoms. The Labute approximate surface area is 797 Å². The normalized spacial score (nSPS) is 8.74. The third-order valence-electron chi connectivity index (χ3n) is 12.4. The fourth-order valence-corrected chi connectivity index (χ4v) is 8.26. The molecule has 0 spiro atoms. The van der Waals surface area contributed by atoms with Crippen LogP contribution in [-0.2, 0) is 337 Å². The van der Waals surface area contributed by atoms with Crippen molar-refractivity contribution in [1.29, 1.82) is 0 Å². The van der Waals surface area contributed by atoms with Crippen LogP contribution < -0.4 is 0 Å². The van der Waals surface area contributed by atoms with E-state index in [9.17, 15) is 0 Å². The molecule has 19 nitrogen and oxygen atoms in total. The number of nitrogens with zero attached hydrogens (tertiary/aromatic N) is 19. The van der Waals surface area contributed by atoms with Crippen molar-refractivity contribution in [2.45, 2.75) is 152 Å². The van der Waals surface area contributed by atoms with Crippen LogP contribution in [0.15, 0.2) is 0 Å². The zero-order valence-corrected chi connectivity index (χ0v) is 88.9. The Hall–Kier alpha value is 3.21. The van der Waals surface area contributed by atoms with E-state index in [1.807, 2.05) is 160 Å². The van der Waals surface area contributed by atoms with Crippen LogP contribution in [0.5, 0.6) is 0 Å². The van der Waals surface area contributed by atoms with E-state index >= 15 is 0 Å². The zero-order chi connectivity index (χ0) is 63.3. The number of hydrogen-bond acceptors (Lipinski definition) is 18. The topological polar surface area (TPSA) is 197 Å². The first-order valence-corrected chi connectivity index (χ1v) is 30.0. The summed E-state index contributed by atoms with van der Waals surface area (Å²) in [6, 6.07) is 3.23. The number of thiazole rings is 1. The number of rotatable bonds is 0. The molecule has 0 saturated heterocycles. The van der Waals surface area contributed by atoms with Gasteiger partial charge in [-0.05, 0) is 109 Å². The van der Waals surface area contributed by atoms with Crippen molar-refractivity contribution < 1.29 is 294 Å². The molecule has 0 amide bonds. The van der Waals surface area contributed by atoms with Crippen molar-refractivity contribution in [3.8, 4) is 0 Å². The van der Waals surface area contributed by atoms with E-state index in [1.54, 1.807) is 25.4 Å². The largest absolute Gasteiger partial charge is 0.446 e. The van der Waals surface area contributed by atoms with Gasteiger partial charge in [-0.3, -0.25) is 36.4 Å². The van der Waals surface area contributed by atoms with Gasteiger partial charge in [-0.2, -0.15) is 28.2 Å². The number of thiophene rings is 1. The van der Waals surface area contributed by atoms with Crippen LogP contribution in [0.2, 0.25) is 0 Å². The molecule has 11 rings (SSSR count). The molecule has 0 aliphatic heterocycles. The molecule has 11 aromatic rings. The van der Waals surface area contributed by atoms with Gasteiger partial charge in [0.15, 0.2) is 0 Å². The number of aromatic nitrogens is 19. The predicted octanol–water partition coefficient (Wildman–Crippen LogP) is 12.0. The van der Waals surface area contributed by atoms with Crippen LogP contribution in [-0.4, -0.2) is 92.3 Å². The monoisotopic (exact) mass is 2020 g/mol. The van der Waals surface area contributed by atoms with Crippen LogP contribution in [0.4, 0.5) is 0 Å². The molecule has 0 unspecified atom stereocenters. The standard InChI is InChI=1S/C9H15N.C7H9S.3C6H9N2.C5H9N3.2C5H6NS.C4H6N3.2C3H3N2S.9Y/c1-6-7(2)9(4)10(5)8(6)3;1-5-4-6(2)8-7(5)3;1-5-4-7-6(2)8(5)3;1-5-4-8(3)7-6(5)2;1-5-4-7-8(3)6(5)2;1-4-5(2)8(3)7-6-4;1-4-3-6-5(2)7-4;1-4-3-6-7-5(4)2;1-4-5-3-6-7(4)2;1-3-5-4-2-6-3;1-3-4-2-5-6-3;;;;;;;;;/h1-5H3;5*1-3H3;3*1-2H3;2*1H3;;;;;;;;;/q;4*-1;;5*-1;;;;;;;;;. The predicted molar refractivity (Wildman–Crippen MR) is 339 cm³/mol.